The summed E-state index contributed by atoms with van der Waals surface area (Å²) < 4.78 is 0. The van der Waals surface area contributed by atoms with Crippen LogP contribution in [0.5, 0.6) is 0 Å². The van der Waals surface area contributed by atoms with Crippen LogP contribution in [0.25, 0.3) is 0 Å². The monoisotopic (exact) mass is 280 g/mol. The van der Waals surface area contributed by atoms with Crippen LogP contribution in [0.2, 0.25) is 0 Å². The average molecular weight is 280 g/mol. The Balaban J connectivity index is 1.89. The van der Waals surface area contributed by atoms with Crippen LogP contribution in [0.4, 0.5) is 5.82 Å². The summed E-state index contributed by atoms with van der Waals surface area (Å²) in [7, 11) is 0. The number of anilines is 1. The number of fused-ring (bicyclic) bond motifs is 1. The van der Waals surface area contributed by atoms with Gasteiger partial charge in [0.1, 0.15) is 11.6 Å². The van der Waals surface area contributed by atoms with E-state index in [2.05, 4.69) is 44.8 Å². The molecule has 21 heavy (non-hydrogen) atoms. The van der Waals surface area contributed by atoms with Gasteiger partial charge in [-0.2, -0.15) is 5.10 Å². The minimum Gasteiger partial charge on any atom is -0.261 e. The number of hydrogen-bond donors (Lipinski definition) is 1. The first-order chi connectivity index (χ1) is 10.2. The average Bonchev–Trinajstić information content (AvgIpc) is 2.66. The summed E-state index contributed by atoms with van der Waals surface area (Å²) in [6, 6.07) is 10.5. The van der Waals surface area contributed by atoms with Gasteiger partial charge in [-0.25, -0.2) is 9.97 Å². The van der Waals surface area contributed by atoms with E-state index in [0.29, 0.717) is 0 Å². The Morgan fingerprint density at radius 1 is 1.05 bits per heavy atom. The van der Waals surface area contributed by atoms with Crippen molar-refractivity contribution in [2.75, 3.05) is 5.43 Å². The second kappa shape index (κ2) is 6.04. The normalized spacial score (nSPS) is 16.4. The van der Waals surface area contributed by atoms with Gasteiger partial charge >= 0.3 is 0 Å². The summed E-state index contributed by atoms with van der Waals surface area (Å²) in [6.45, 7) is 3.86. The van der Waals surface area contributed by atoms with Crippen molar-refractivity contribution in [2.24, 2.45) is 5.10 Å². The van der Waals surface area contributed by atoms with Gasteiger partial charge in [-0.15, -0.1) is 0 Å². The van der Waals surface area contributed by atoms with Crippen molar-refractivity contribution in [1.82, 2.24) is 9.97 Å². The number of nitrogens with zero attached hydrogens (tertiary/aromatic N) is 3. The zero-order chi connectivity index (χ0) is 14.7. The van der Waals surface area contributed by atoms with Gasteiger partial charge in [0.2, 0.25) is 0 Å². The van der Waals surface area contributed by atoms with Crippen LogP contribution in [0, 0.1) is 13.8 Å². The number of aryl methyl sites for hydroxylation is 3. The van der Waals surface area contributed by atoms with E-state index in [1.807, 2.05) is 19.9 Å². The van der Waals surface area contributed by atoms with E-state index < -0.39 is 0 Å². The lowest BCUT2D eigenvalue weighted by molar-refractivity contribution is 0.775. The third kappa shape index (κ3) is 3.27. The number of aromatic nitrogens is 2. The molecule has 1 heterocycles. The largest absolute Gasteiger partial charge is 0.261 e. The van der Waals surface area contributed by atoms with Crippen LogP contribution in [0.3, 0.4) is 0 Å². The molecule has 0 saturated carbocycles. The molecule has 1 aliphatic rings. The van der Waals surface area contributed by atoms with E-state index in [0.717, 1.165) is 35.9 Å². The van der Waals surface area contributed by atoms with Crippen molar-refractivity contribution in [3.8, 4) is 0 Å². The van der Waals surface area contributed by atoms with Gasteiger partial charge < -0.3 is 0 Å². The van der Waals surface area contributed by atoms with Crippen molar-refractivity contribution < 1.29 is 0 Å². The molecular weight excluding hydrogens is 260 g/mol. The van der Waals surface area contributed by atoms with Gasteiger partial charge in [-0.1, -0.05) is 24.3 Å². The second-order valence-electron chi connectivity index (χ2n) is 5.48. The Hall–Kier alpha value is -2.23. The minimum absolute atomic E-state index is 0.759. The van der Waals surface area contributed by atoms with Crippen molar-refractivity contribution in [2.45, 2.75) is 39.5 Å². The number of benzene rings is 1. The fraction of sp³-hybridized carbons (Fsp3) is 0.353. The van der Waals surface area contributed by atoms with E-state index in [9.17, 15) is 0 Å². The molecule has 3 rings (SSSR count). The smallest absolute Gasteiger partial charge is 0.150 e. The number of rotatable bonds is 2. The van der Waals surface area contributed by atoms with Crippen LogP contribution in [0.15, 0.2) is 35.4 Å². The maximum absolute atomic E-state index is 4.61. The third-order valence-corrected chi connectivity index (χ3v) is 3.71. The molecule has 0 radical (unpaired) electrons. The van der Waals surface area contributed by atoms with Crippen LogP contribution >= 0.6 is 0 Å². The summed E-state index contributed by atoms with van der Waals surface area (Å²) in [5, 5.41) is 4.61. The molecule has 0 amide bonds. The van der Waals surface area contributed by atoms with Crippen LogP contribution in [-0.2, 0) is 6.42 Å². The number of nitrogens with one attached hydrogen (secondary N) is 1. The van der Waals surface area contributed by atoms with Crippen LogP contribution < -0.4 is 5.43 Å². The molecule has 0 saturated heterocycles. The van der Waals surface area contributed by atoms with E-state index in [-0.39, 0.29) is 0 Å². The van der Waals surface area contributed by atoms with E-state index in [1.165, 1.54) is 24.0 Å². The minimum atomic E-state index is 0.759. The molecule has 1 N–H and O–H groups in total. The fourth-order valence-electron chi connectivity index (χ4n) is 2.78. The van der Waals surface area contributed by atoms with Gasteiger partial charge in [0.05, 0.1) is 5.71 Å². The second-order valence-corrected chi connectivity index (χ2v) is 5.48. The predicted octanol–water partition coefficient (Wildman–Crippen LogP) is 3.64. The number of hydrogen-bond acceptors (Lipinski definition) is 4. The van der Waals surface area contributed by atoms with Crippen molar-refractivity contribution in [3.05, 3.63) is 53.0 Å². The van der Waals surface area contributed by atoms with Crippen LogP contribution in [-0.4, -0.2) is 15.7 Å². The molecule has 0 fully saturated rings. The highest BCUT2D eigenvalue weighted by molar-refractivity contribution is 6.02. The van der Waals surface area contributed by atoms with Gasteiger partial charge in [0.15, 0.2) is 0 Å². The molecule has 0 unspecified atom stereocenters. The van der Waals surface area contributed by atoms with Gasteiger partial charge in [-0.05, 0) is 45.1 Å². The highest BCUT2D eigenvalue weighted by Crippen LogP contribution is 2.21. The maximum Gasteiger partial charge on any atom is 0.150 e. The quantitative estimate of drug-likeness (QED) is 0.675. The molecule has 4 heteroatoms. The van der Waals surface area contributed by atoms with Gasteiger partial charge in [0, 0.05) is 17.3 Å². The zero-order valence-electron chi connectivity index (χ0n) is 12.6. The first-order valence-electron chi connectivity index (χ1n) is 7.45. The Bertz CT molecular complexity index is 656. The number of hydrazone groups is 1. The maximum atomic E-state index is 4.61. The van der Waals surface area contributed by atoms with E-state index in [4.69, 9.17) is 0 Å². The molecule has 0 spiro atoms. The standard InChI is InChI=1S/C17H20N4/c1-12-11-17(19-13(2)18-12)21-20-16-10-6-4-8-14-7-3-5-9-15(14)16/h3,5,7,9,11H,4,6,8,10H2,1-2H3,(H,18,19,21)/b20-16-. The summed E-state index contributed by atoms with van der Waals surface area (Å²) in [5.41, 5.74) is 7.84. The molecule has 0 bridgehead atoms. The molecule has 1 aromatic heterocycles. The molecule has 1 aromatic carbocycles. The summed E-state index contributed by atoms with van der Waals surface area (Å²) in [5.74, 6) is 1.52. The third-order valence-electron chi connectivity index (χ3n) is 3.71. The topological polar surface area (TPSA) is 50.2 Å². The van der Waals surface area contributed by atoms with E-state index in [1.54, 1.807) is 0 Å². The Morgan fingerprint density at radius 3 is 2.71 bits per heavy atom. The van der Waals surface area contributed by atoms with Crippen molar-refractivity contribution in [1.29, 1.82) is 0 Å². The Kier molecular flexibility index (Phi) is 3.95. The predicted molar refractivity (Wildman–Crippen MR) is 85.7 cm³/mol. The van der Waals surface area contributed by atoms with Crippen molar-refractivity contribution in [3.63, 3.8) is 0 Å². The van der Waals surface area contributed by atoms with Gasteiger partial charge in [0.25, 0.3) is 0 Å². The lowest BCUT2D eigenvalue weighted by Crippen LogP contribution is -2.06. The Labute approximate surface area is 125 Å². The van der Waals surface area contributed by atoms with Crippen molar-refractivity contribution >= 4 is 11.5 Å². The molecule has 0 aliphatic heterocycles. The SMILES string of the molecule is Cc1cc(N/N=C2/CCCCc3ccccc32)nc(C)n1. The molecule has 4 nitrogen and oxygen atoms in total. The first-order valence-corrected chi connectivity index (χ1v) is 7.45. The van der Waals surface area contributed by atoms with E-state index >= 15 is 0 Å². The first kappa shape index (κ1) is 13.7. The van der Waals surface area contributed by atoms with Crippen LogP contribution in [0.1, 0.15) is 41.9 Å². The summed E-state index contributed by atoms with van der Waals surface area (Å²) in [6.07, 6.45) is 4.55. The van der Waals surface area contributed by atoms with Gasteiger partial charge in [-0.3, -0.25) is 5.43 Å². The highest BCUT2D eigenvalue weighted by atomic mass is 15.3. The lowest BCUT2D eigenvalue weighted by atomic mass is 10.0. The highest BCUT2D eigenvalue weighted by Gasteiger charge is 2.13. The fourth-order valence-corrected chi connectivity index (χ4v) is 2.78. The summed E-state index contributed by atoms with van der Waals surface area (Å²) in [4.78, 5) is 8.65. The summed E-state index contributed by atoms with van der Waals surface area (Å²) >= 11 is 0. The molecule has 108 valence electrons. The molecule has 1 aliphatic carbocycles. The zero-order valence-corrected chi connectivity index (χ0v) is 12.6. The Morgan fingerprint density at radius 2 is 1.86 bits per heavy atom. The lowest BCUT2D eigenvalue weighted by Gasteiger charge is -2.08. The molecule has 2 aromatic rings. The molecule has 0 atom stereocenters. The molecular formula is C17H20N4.